The number of benzene rings is 1. The Balaban J connectivity index is 1.84. The molecule has 3 rings (SSSR count). The lowest BCUT2D eigenvalue weighted by atomic mass is 10.0. The number of ether oxygens (including phenoxy) is 1. The van der Waals surface area contributed by atoms with E-state index in [0.717, 1.165) is 5.56 Å². The van der Waals surface area contributed by atoms with Gasteiger partial charge in [-0.1, -0.05) is 12.1 Å². The van der Waals surface area contributed by atoms with E-state index < -0.39 is 6.04 Å². The minimum Gasteiger partial charge on any atom is -0.379 e. The summed E-state index contributed by atoms with van der Waals surface area (Å²) in [5, 5.41) is 4.04. The summed E-state index contributed by atoms with van der Waals surface area (Å²) in [6, 6.07) is 7.87. The number of carbonyl (C=O) groups is 1. The van der Waals surface area contributed by atoms with Gasteiger partial charge in [-0.25, -0.2) is 4.39 Å². The molecule has 2 heterocycles. The van der Waals surface area contributed by atoms with Crippen LogP contribution in [0.2, 0.25) is 0 Å². The Bertz CT molecular complexity index is 671. The molecule has 24 heavy (non-hydrogen) atoms. The Labute approximate surface area is 145 Å². The van der Waals surface area contributed by atoms with Crippen LogP contribution in [0.4, 0.5) is 4.39 Å². The molecule has 1 aromatic heterocycles. The Hall–Kier alpha value is -1.76. The third kappa shape index (κ3) is 4.01. The van der Waals surface area contributed by atoms with Crippen molar-refractivity contribution in [2.75, 3.05) is 33.4 Å². The van der Waals surface area contributed by atoms with Gasteiger partial charge < -0.3 is 9.64 Å². The van der Waals surface area contributed by atoms with Gasteiger partial charge in [-0.2, -0.15) is 11.3 Å². The van der Waals surface area contributed by atoms with E-state index >= 15 is 0 Å². The second-order valence-corrected chi connectivity index (χ2v) is 6.71. The van der Waals surface area contributed by atoms with Crippen molar-refractivity contribution in [3.05, 3.63) is 58.0 Å². The largest absolute Gasteiger partial charge is 0.379 e. The molecule has 0 aliphatic carbocycles. The highest BCUT2D eigenvalue weighted by Gasteiger charge is 2.31. The number of rotatable bonds is 5. The van der Waals surface area contributed by atoms with Crippen LogP contribution in [0.3, 0.4) is 0 Å². The van der Waals surface area contributed by atoms with Crippen LogP contribution in [0.1, 0.15) is 17.2 Å². The van der Waals surface area contributed by atoms with Crippen LogP contribution in [0.25, 0.3) is 0 Å². The van der Waals surface area contributed by atoms with Crippen molar-refractivity contribution in [3.8, 4) is 0 Å². The van der Waals surface area contributed by atoms with Crippen LogP contribution in [0.15, 0.2) is 41.1 Å². The Morgan fingerprint density at radius 2 is 2.17 bits per heavy atom. The maximum absolute atomic E-state index is 13.7. The van der Waals surface area contributed by atoms with Gasteiger partial charge in [0.25, 0.3) is 0 Å². The van der Waals surface area contributed by atoms with E-state index in [1.165, 1.54) is 12.1 Å². The molecule has 0 bridgehead atoms. The van der Waals surface area contributed by atoms with Gasteiger partial charge in [0, 0.05) is 26.7 Å². The van der Waals surface area contributed by atoms with E-state index in [2.05, 4.69) is 4.90 Å². The van der Waals surface area contributed by atoms with Gasteiger partial charge in [0.1, 0.15) is 11.9 Å². The summed E-state index contributed by atoms with van der Waals surface area (Å²) in [5.74, 6) is -0.340. The second kappa shape index (κ2) is 7.88. The van der Waals surface area contributed by atoms with Gasteiger partial charge in [-0.3, -0.25) is 9.69 Å². The summed E-state index contributed by atoms with van der Waals surface area (Å²) in [6.45, 7) is 3.07. The molecule has 1 atom stereocenters. The molecule has 2 aromatic rings. The molecule has 0 spiro atoms. The highest BCUT2D eigenvalue weighted by Crippen LogP contribution is 2.25. The van der Waals surface area contributed by atoms with E-state index in [0.29, 0.717) is 38.4 Å². The van der Waals surface area contributed by atoms with Gasteiger partial charge in [-0.15, -0.1) is 0 Å². The molecule has 0 saturated carbocycles. The van der Waals surface area contributed by atoms with Crippen LogP contribution in [-0.2, 0) is 16.1 Å². The highest BCUT2D eigenvalue weighted by molar-refractivity contribution is 7.07. The number of thiophene rings is 1. The molecule has 6 heteroatoms. The molecule has 128 valence electrons. The smallest absolute Gasteiger partial charge is 0.244 e. The average Bonchev–Trinajstić information content (AvgIpc) is 3.09. The standard InChI is InChI=1S/C18H21FN2O2S/c1-20(12-14-5-10-24-13-14)18(22)17(21-6-8-23-9-7-21)15-3-2-4-16(19)11-15/h2-5,10-11,13,17H,6-9,12H2,1H3/t17-/m0/s1. The molecule has 0 N–H and O–H groups in total. The predicted molar refractivity (Wildman–Crippen MR) is 92.3 cm³/mol. The molecule has 1 fully saturated rings. The fourth-order valence-electron chi connectivity index (χ4n) is 2.97. The number of carbonyl (C=O) groups excluding carboxylic acids is 1. The average molecular weight is 348 g/mol. The SMILES string of the molecule is CN(Cc1ccsc1)C(=O)[C@H](c1cccc(F)c1)N1CCOCC1. The van der Waals surface area contributed by atoms with Crippen molar-refractivity contribution in [1.29, 1.82) is 0 Å². The number of nitrogens with zero attached hydrogens (tertiary/aromatic N) is 2. The van der Waals surface area contributed by atoms with Crippen LogP contribution >= 0.6 is 11.3 Å². The monoisotopic (exact) mass is 348 g/mol. The van der Waals surface area contributed by atoms with Crippen LogP contribution in [-0.4, -0.2) is 49.1 Å². The first-order valence-corrected chi connectivity index (χ1v) is 8.93. The molecule has 4 nitrogen and oxygen atoms in total. The fraction of sp³-hybridized carbons (Fsp3) is 0.389. The molecule has 0 radical (unpaired) electrons. The number of hydrogen-bond donors (Lipinski definition) is 0. The minimum absolute atomic E-state index is 0.0197. The first-order valence-electron chi connectivity index (χ1n) is 7.98. The van der Waals surface area contributed by atoms with Crippen molar-refractivity contribution in [1.82, 2.24) is 9.80 Å². The molecular formula is C18H21FN2O2S. The zero-order valence-electron chi connectivity index (χ0n) is 13.7. The molecule has 1 saturated heterocycles. The lowest BCUT2D eigenvalue weighted by molar-refractivity contribution is -0.138. The zero-order chi connectivity index (χ0) is 16.9. The van der Waals surface area contributed by atoms with Gasteiger partial charge in [0.05, 0.1) is 13.2 Å². The van der Waals surface area contributed by atoms with Gasteiger partial charge in [-0.05, 0) is 40.1 Å². The molecular weight excluding hydrogens is 327 g/mol. The lowest BCUT2D eigenvalue weighted by Crippen LogP contribution is -2.46. The zero-order valence-corrected chi connectivity index (χ0v) is 14.5. The van der Waals surface area contributed by atoms with E-state index in [1.54, 1.807) is 29.4 Å². The number of halogens is 1. The second-order valence-electron chi connectivity index (χ2n) is 5.93. The predicted octanol–water partition coefficient (Wildman–Crippen LogP) is 2.92. The minimum atomic E-state index is -0.478. The fourth-order valence-corrected chi connectivity index (χ4v) is 3.62. The van der Waals surface area contributed by atoms with Crippen LogP contribution in [0, 0.1) is 5.82 Å². The lowest BCUT2D eigenvalue weighted by Gasteiger charge is -2.35. The third-order valence-electron chi connectivity index (χ3n) is 4.19. The van der Waals surface area contributed by atoms with Crippen molar-refractivity contribution in [2.45, 2.75) is 12.6 Å². The maximum Gasteiger partial charge on any atom is 0.244 e. The summed E-state index contributed by atoms with van der Waals surface area (Å²) in [4.78, 5) is 16.9. The number of likely N-dealkylation sites (N-methyl/N-ethyl adjacent to an activating group) is 1. The Morgan fingerprint density at radius 3 is 2.83 bits per heavy atom. The van der Waals surface area contributed by atoms with Gasteiger partial charge in [0.2, 0.25) is 5.91 Å². The molecule has 1 aromatic carbocycles. The summed E-state index contributed by atoms with van der Waals surface area (Å²) in [7, 11) is 1.80. The quantitative estimate of drug-likeness (QED) is 0.833. The van der Waals surface area contributed by atoms with E-state index in [4.69, 9.17) is 4.74 Å². The first kappa shape index (κ1) is 17.1. The van der Waals surface area contributed by atoms with E-state index in [-0.39, 0.29) is 11.7 Å². The van der Waals surface area contributed by atoms with Crippen molar-refractivity contribution in [2.24, 2.45) is 0 Å². The summed E-state index contributed by atoms with van der Waals surface area (Å²) in [6.07, 6.45) is 0. The van der Waals surface area contributed by atoms with Crippen LogP contribution in [0.5, 0.6) is 0 Å². The first-order chi connectivity index (χ1) is 11.6. The van der Waals surface area contributed by atoms with Crippen molar-refractivity contribution >= 4 is 17.2 Å². The third-order valence-corrected chi connectivity index (χ3v) is 4.92. The molecule has 1 aliphatic heterocycles. The van der Waals surface area contributed by atoms with Crippen molar-refractivity contribution < 1.29 is 13.9 Å². The summed E-state index contributed by atoms with van der Waals surface area (Å²) >= 11 is 1.61. The normalized spacial score (nSPS) is 16.8. The maximum atomic E-state index is 13.7. The Kier molecular flexibility index (Phi) is 5.60. The summed E-state index contributed by atoms with van der Waals surface area (Å²) in [5.41, 5.74) is 1.80. The molecule has 1 amide bonds. The van der Waals surface area contributed by atoms with Crippen LogP contribution < -0.4 is 0 Å². The van der Waals surface area contributed by atoms with E-state index in [1.807, 2.05) is 22.9 Å². The highest BCUT2D eigenvalue weighted by atomic mass is 32.1. The van der Waals surface area contributed by atoms with Gasteiger partial charge in [0.15, 0.2) is 0 Å². The number of morpholine rings is 1. The summed E-state index contributed by atoms with van der Waals surface area (Å²) < 4.78 is 19.1. The van der Waals surface area contributed by atoms with E-state index in [9.17, 15) is 9.18 Å². The number of hydrogen-bond acceptors (Lipinski definition) is 4. The van der Waals surface area contributed by atoms with Crippen molar-refractivity contribution in [3.63, 3.8) is 0 Å². The topological polar surface area (TPSA) is 32.8 Å². The van der Waals surface area contributed by atoms with Gasteiger partial charge >= 0.3 is 0 Å². The molecule has 0 unspecified atom stereocenters. The Morgan fingerprint density at radius 1 is 1.38 bits per heavy atom. The molecule has 1 aliphatic rings. The number of amides is 1.